The molecule has 0 aliphatic carbocycles. The predicted octanol–water partition coefficient (Wildman–Crippen LogP) is 0.772. The van der Waals surface area contributed by atoms with Crippen molar-refractivity contribution in [2.24, 2.45) is 0 Å². The molecule has 3 N–H and O–H groups in total. The van der Waals surface area contributed by atoms with Gasteiger partial charge in [-0.2, -0.15) is 0 Å². The van der Waals surface area contributed by atoms with E-state index in [2.05, 4.69) is 21.6 Å². The van der Waals surface area contributed by atoms with Gasteiger partial charge in [-0.25, -0.2) is 0 Å². The first-order valence-corrected chi connectivity index (χ1v) is 10.3. The van der Waals surface area contributed by atoms with Crippen LogP contribution in [0.2, 0.25) is 0 Å². The summed E-state index contributed by atoms with van der Waals surface area (Å²) in [4.78, 5) is 28.0. The van der Waals surface area contributed by atoms with Crippen LogP contribution in [0.1, 0.15) is 11.1 Å². The van der Waals surface area contributed by atoms with E-state index in [0.717, 1.165) is 54.4 Å². The molecular weight excluding hydrogens is 380 g/mol. The van der Waals surface area contributed by atoms with Gasteiger partial charge in [-0.3, -0.25) is 9.59 Å². The molecule has 3 rings (SSSR count). The van der Waals surface area contributed by atoms with Gasteiger partial charge in [0.25, 0.3) is 5.91 Å². The summed E-state index contributed by atoms with van der Waals surface area (Å²) in [5.41, 5.74) is 3.92. The van der Waals surface area contributed by atoms with Gasteiger partial charge in [0.2, 0.25) is 5.91 Å². The number of aryl methyl sites for hydroxylation is 2. The minimum Gasteiger partial charge on any atom is -0.495 e. The van der Waals surface area contributed by atoms with E-state index in [1.54, 1.807) is 7.11 Å². The van der Waals surface area contributed by atoms with Crippen LogP contribution in [0.5, 0.6) is 5.75 Å². The minimum atomic E-state index is -0.211. The fourth-order valence-corrected chi connectivity index (χ4v) is 3.80. The first kappa shape index (κ1) is 21.6. The second-order valence-corrected chi connectivity index (χ2v) is 7.68. The number of rotatable bonds is 7. The van der Waals surface area contributed by atoms with Gasteiger partial charge in [-0.05, 0) is 37.1 Å². The molecule has 0 aromatic heterocycles. The molecule has 0 unspecified atom stereocenters. The number of ether oxygens (including phenoxy) is 1. The number of anilines is 2. The molecule has 30 heavy (non-hydrogen) atoms. The molecule has 0 radical (unpaired) electrons. The Morgan fingerprint density at radius 1 is 1.00 bits per heavy atom. The van der Waals surface area contributed by atoms with E-state index in [9.17, 15) is 9.59 Å². The zero-order valence-electron chi connectivity index (χ0n) is 18.0. The van der Waals surface area contributed by atoms with E-state index >= 15 is 0 Å². The molecule has 0 atom stereocenters. The fraction of sp³-hybridized carbons (Fsp3) is 0.391. The fourth-order valence-electron chi connectivity index (χ4n) is 3.80. The van der Waals surface area contributed by atoms with Gasteiger partial charge in [0.15, 0.2) is 6.54 Å². The Kier molecular flexibility index (Phi) is 7.30. The molecule has 0 spiro atoms. The lowest BCUT2D eigenvalue weighted by atomic mass is 10.1. The summed E-state index contributed by atoms with van der Waals surface area (Å²) in [5, 5.41) is 5.64. The summed E-state index contributed by atoms with van der Waals surface area (Å²) in [6, 6.07) is 13.9. The van der Waals surface area contributed by atoms with Crippen molar-refractivity contribution in [3.05, 3.63) is 53.6 Å². The van der Waals surface area contributed by atoms with Crippen molar-refractivity contribution in [2.75, 3.05) is 56.6 Å². The van der Waals surface area contributed by atoms with Crippen molar-refractivity contribution in [1.29, 1.82) is 0 Å². The van der Waals surface area contributed by atoms with Gasteiger partial charge in [-0.1, -0.05) is 30.3 Å². The first-order chi connectivity index (χ1) is 14.5. The maximum absolute atomic E-state index is 12.3. The maximum Gasteiger partial charge on any atom is 0.275 e. The molecule has 2 amide bonds. The summed E-state index contributed by atoms with van der Waals surface area (Å²) in [6.07, 6.45) is 0. The molecule has 0 saturated carbocycles. The van der Waals surface area contributed by atoms with E-state index in [1.807, 2.05) is 50.2 Å². The molecule has 160 valence electrons. The molecule has 1 aliphatic rings. The zero-order valence-corrected chi connectivity index (χ0v) is 18.0. The number of benzene rings is 2. The third kappa shape index (κ3) is 5.51. The quantitative estimate of drug-likeness (QED) is 0.629. The number of hydrogen-bond acceptors (Lipinski definition) is 4. The number of nitrogens with zero attached hydrogens (tertiary/aromatic N) is 1. The number of hydrogen-bond donors (Lipinski definition) is 3. The van der Waals surface area contributed by atoms with Gasteiger partial charge >= 0.3 is 0 Å². The number of carbonyl (C=O) groups is 2. The molecule has 1 aliphatic heterocycles. The number of para-hydroxylation sites is 3. The molecule has 1 saturated heterocycles. The van der Waals surface area contributed by atoms with E-state index < -0.39 is 0 Å². The summed E-state index contributed by atoms with van der Waals surface area (Å²) in [7, 11) is 1.68. The van der Waals surface area contributed by atoms with E-state index in [-0.39, 0.29) is 18.4 Å². The first-order valence-electron chi connectivity index (χ1n) is 10.3. The van der Waals surface area contributed by atoms with Crippen molar-refractivity contribution in [3.63, 3.8) is 0 Å². The average Bonchev–Trinajstić information content (AvgIpc) is 2.75. The van der Waals surface area contributed by atoms with Gasteiger partial charge in [0.1, 0.15) is 5.75 Å². The normalized spacial score (nSPS) is 14.3. The minimum absolute atomic E-state index is 0.0206. The Labute approximate surface area is 178 Å². The summed E-state index contributed by atoms with van der Waals surface area (Å²) >= 11 is 0. The van der Waals surface area contributed by atoms with Gasteiger partial charge in [0, 0.05) is 5.69 Å². The van der Waals surface area contributed by atoms with E-state index in [0.29, 0.717) is 6.54 Å². The summed E-state index contributed by atoms with van der Waals surface area (Å²) < 4.78 is 5.45. The Morgan fingerprint density at radius 2 is 1.67 bits per heavy atom. The predicted molar refractivity (Wildman–Crippen MR) is 118 cm³/mol. The molecular formula is C23H31N4O3+. The second-order valence-electron chi connectivity index (χ2n) is 7.68. The van der Waals surface area contributed by atoms with E-state index in [1.165, 1.54) is 4.90 Å². The van der Waals surface area contributed by atoms with Gasteiger partial charge < -0.3 is 25.2 Å². The van der Waals surface area contributed by atoms with Crippen molar-refractivity contribution in [3.8, 4) is 5.75 Å². The number of piperazine rings is 1. The number of quaternary nitrogens is 1. The van der Waals surface area contributed by atoms with Crippen molar-refractivity contribution in [1.82, 2.24) is 5.32 Å². The van der Waals surface area contributed by atoms with Crippen LogP contribution in [-0.2, 0) is 9.59 Å². The Morgan fingerprint density at radius 3 is 2.33 bits per heavy atom. The standard InChI is InChI=1S/C23H30N4O3/c1-17-7-6-8-18(2)23(17)25-21(28)15-24-22(29)16-26-11-13-27(14-12-26)19-9-4-5-10-20(19)30-3/h4-10H,11-16H2,1-3H3,(H,24,29)(H,25,28)/p+1. The molecule has 7 heteroatoms. The second kappa shape index (κ2) is 10.1. The topological polar surface area (TPSA) is 75.1 Å². The third-order valence-electron chi connectivity index (χ3n) is 5.50. The molecule has 1 heterocycles. The number of nitrogens with one attached hydrogen (secondary N) is 3. The largest absolute Gasteiger partial charge is 0.495 e. The number of methoxy groups -OCH3 is 1. The third-order valence-corrected chi connectivity index (χ3v) is 5.50. The molecule has 1 fully saturated rings. The highest BCUT2D eigenvalue weighted by atomic mass is 16.5. The van der Waals surface area contributed by atoms with Crippen molar-refractivity contribution in [2.45, 2.75) is 13.8 Å². The highest BCUT2D eigenvalue weighted by Gasteiger charge is 2.24. The van der Waals surface area contributed by atoms with Gasteiger partial charge in [0.05, 0.1) is 45.5 Å². The Hall–Kier alpha value is -3.06. The lowest BCUT2D eigenvalue weighted by molar-refractivity contribution is -0.892. The van der Waals surface area contributed by atoms with Crippen LogP contribution in [0.3, 0.4) is 0 Å². The Balaban J connectivity index is 1.42. The average molecular weight is 412 g/mol. The zero-order chi connectivity index (χ0) is 21.5. The van der Waals surface area contributed by atoms with Crippen LogP contribution in [0.4, 0.5) is 11.4 Å². The number of carbonyl (C=O) groups excluding carboxylic acids is 2. The SMILES string of the molecule is COc1ccccc1N1CC[NH+](CC(=O)NCC(=O)Nc2c(C)cccc2C)CC1. The van der Waals surface area contributed by atoms with E-state index in [4.69, 9.17) is 4.74 Å². The summed E-state index contributed by atoms with van der Waals surface area (Å²) in [5.74, 6) is 0.553. The van der Waals surface area contributed by atoms with Crippen LogP contribution in [-0.4, -0.2) is 58.2 Å². The monoisotopic (exact) mass is 411 g/mol. The lowest BCUT2D eigenvalue weighted by Crippen LogP contribution is -3.16. The number of amides is 2. The van der Waals surface area contributed by atoms with Crippen molar-refractivity contribution >= 4 is 23.2 Å². The Bertz CT molecular complexity index is 872. The van der Waals surface area contributed by atoms with Crippen molar-refractivity contribution < 1.29 is 19.2 Å². The molecule has 2 aromatic rings. The highest BCUT2D eigenvalue weighted by molar-refractivity contribution is 5.95. The lowest BCUT2D eigenvalue weighted by Gasteiger charge is -2.34. The molecule has 7 nitrogen and oxygen atoms in total. The molecule has 2 aromatic carbocycles. The highest BCUT2D eigenvalue weighted by Crippen LogP contribution is 2.27. The van der Waals surface area contributed by atoms with Crippen LogP contribution in [0.25, 0.3) is 0 Å². The van der Waals surface area contributed by atoms with Crippen LogP contribution >= 0.6 is 0 Å². The maximum atomic E-state index is 12.3. The van der Waals surface area contributed by atoms with Crippen LogP contribution < -0.4 is 25.2 Å². The van der Waals surface area contributed by atoms with Crippen LogP contribution in [0.15, 0.2) is 42.5 Å². The summed E-state index contributed by atoms with van der Waals surface area (Å²) in [6.45, 7) is 7.69. The van der Waals surface area contributed by atoms with Gasteiger partial charge in [-0.15, -0.1) is 0 Å². The van der Waals surface area contributed by atoms with Crippen LogP contribution in [0, 0.1) is 13.8 Å². The molecule has 0 bridgehead atoms. The smallest absolute Gasteiger partial charge is 0.275 e.